The van der Waals surface area contributed by atoms with Crippen LogP contribution in [-0.4, -0.2) is 30.7 Å². The molecule has 1 fully saturated rings. The van der Waals surface area contributed by atoms with E-state index in [0.717, 1.165) is 36.6 Å². The van der Waals surface area contributed by atoms with Crippen molar-refractivity contribution in [2.24, 2.45) is 5.92 Å². The number of aliphatic hydroxyl groups is 1. The van der Waals surface area contributed by atoms with Gasteiger partial charge < -0.3 is 20.6 Å². The summed E-state index contributed by atoms with van der Waals surface area (Å²) < 4.78 is 11.0. The topological polar surface area (TPSA) is 101 Å². The fourth-order valence-corrected chi connectivity index (χ4v) is 4.18. The molecule has 0 saturated carbocycles. The van der Waals surface area contributed by atoms with Gasteiger partial charge in [-0.25, -0.2) is 0 Å². The number of nitrogens with one attached hydrogen (secondary N) is 2. The lowest BCUT2D eigenvalue weighted by Crippen LogP contribution is -2.28. The Morgan fingerprint density at radius 2 is 1.67 bits per heavy atom. The monoisotopic (exact) mass is 464 g/mol. The summed E-state index contributed by atoms with van der Waals surface area (Å²) in [7, 11) is -2.71. The zero-order chi connectivity index (χ0) is 23.5. The summed E-state index contributed by atoms with van der Waals surface area (Å²) in [5.41, 5.74) is 3.00. The molecule has 7 heteroatoms. The summed E-state index contributed by atoms with van der Waals surface area (Å²) in [5.74, 6) is 0.440. The fourth-order valence-electron chi connectivity index (χ4n) is 3.72. The molecule has 33 heavy (non-hydrogen) atoms. The van der Waals surface area contributed by atoms with E-state index in [4.69, 9.17) is 5.11 Å². The van der Waals surface area contributed by atoms with Gasteiger partial charge in [0.2, 0.25) is 0 Å². The molecule has 0 aliphatic carbocycles. The Balaban J connectivity index is 0.000000286. The van der Waals surface area contributed by atoms with E-state index in [1.165, 1.54) is 25.0 Å². The normalized spacial score (nSPS) is 14.1. The van der Waals surface area contributed by atoms with Crippen LogP contribution in [0.1, 0.15) is 29.6 Å². The zero-order valence-electron chi connectivity index (χ0n) is 18.4. The summed E-state index contributed by atoms with van der Waals surface area (Å²) in [6, 6.07) is 23.3. The van der Waals surface area contributed by atoms with Crippen LogP contribution in [0.2, 0.25) is 0 Å². The van der Waals surface area contributed by atoms with Gasteiger partial charge in [0.25, 0.3) is 5.91 Å². The molecule has 3 aromatic rings. The molecule has 3 aromatic carbocycles. The van der Waals surface area contributed by atoms with Gasteiger partial charge in [-0.15, -0.1) is 0 Å². The van der Waals surface area contributed by atoms with E-state index in [1.54, 1.807) is 18.2 Å². The molecule has 172 valence electrons. The first-order valence-electron chi connectivity index (χ1n) is 11.1. The number of benzene rings is 3. The van der Waals surface area contributed by atoms with Gasteiger partial charge in [-0.2, -0.15) is 0 Å². The molecule has 1 aliphatic rings. The third-order valence-electron chi connectivity index (χ3n) is 5.54. The van der Waals surface area contributed by atoms with E-state index >= 15 is 0 Å². The summed E-state index contributed by atoms with van der Waals surface area (Å²) in [6.07, 6.45) is 3.50. The van der Waals surface area contributed by atoms with Crippen LogP contribution in [0.15, 0.2) is 78.9 Å². The van der Waals surface area contributed by atoms with Crippen LogP contribution in [0.25, 0.3) is 11.1 Å². The van der Waals surface area contributed by atoms with Crippen LogP contribution in [-0.2, 0) is 4.57 Å². The first kappa shape index (κ1) is 24.7. The average molecular weight is 465 g/mol. The number of carbonyl (C=O) groups is 1. The third kappa shape index (κ3) is 7.88. The van der Waals surface area contributed by atoms with Gasteiger partial charge in [0.05, 0.1) is 0 Å². The van der Waals surface area contributed by atoms with E-state index in [0.29, 0.717) is 17.9 Å². The third-order valence-corrected chi connectivity index (χ3v) is 6.24. The Hall–Kier alpha value is -2.89. The van der Waals surface area contributed by atoms with Crippen LogP contribution in [0.3, 0.4) is 0 Å². The van der Waals surface area contributed by atoms with E-state index in [1.807, 2.05) is 48.5 Å². The Kier molecular flexibility index (Phi) is 9.73. The smallest absolute Gasteiger partial charge is 0.348 e. The molecule has 0 spiro atoms. The van der Waals surface area contributed by atoms with Crippen molar-refractivity contribution in [1.82, 2.24) is 5.32 Å². The predicted octanol–water partition coefficient (Wildman–Crippen LogP) is 3.70. The van der Waals surface area contributed by atoms with Crippen molar-refractivity contribution in [2.45, 2.75) is 19.3 Å². The fraction of sp³-hybridized carbons (Fsp3) is 0.269. The molecule has 4 rings (SSSR count). The summed E-state index contributed by atoms with van der Waals surface area (Å²) >= 11 is 0. The lowest BCUT2D eigenvalue weighted by Gasteiger charge is -2.21. The number of hydrogen-bond donors (Lipinski definition) is 3. The molecular weight excluding hydrogens is 435 g/mol. The number of carbonyl (C=O) groups excluding carboxylic acids is 1. The number of anilines is 1. The van der Waals surface area contributed by atoms with Gasteiger partial charge in [0.1, 0.15) is 0 Å². The maximum absolute atomic E-state index is 12.3. The maximum atomic E-state index is 12.3. The number of amides is 1. The quantitative estimate of drug-likeness (QED) is 0.483. The minimum absolute atomic E-state index is 0.121. The molecule has 0 bridgehead atoms. The number of aliphatic hydroxyl groups excluding tert-OH is 1. The van der Waals surface area contributed by atoms with Gasteiger partial charge in [-0.3, -0.25) is 4.79 Å². The molecular formula is C26H29N2O4P. The highest BCUT2D eigenvalue weighted by Gasteiger charge is 2.13. The SMILES string of the molecule is O=C(Nc1cccc(-c2ccccc2)c1)c1cccc([P+](=O)[O-])c1.OCCC1CCNCC1. The minimum Gasteiger partial charge on any atom is -0.591 e. The van der Waals surface area contributed by atoms with E-state index in [9.17, 15) is 14.3 Å². The van der Waals surface area contributed by atoms with Crippen molar-refractivity contribution in [2.75, 3.05) is 25.0 Å². The Labute approximate surface area is 195 Å². The first-order valence-corrected chi connectivity index (χ1v) is 12.3. The van der Waals surface area contributed by atoms with Gasteiger partial charge in [-0.05, 0) is 73.7 Å². The van der Waals surface area contributed by atoms with Gasteiger partial charge in [0, 0.05) is 23.9 Å². The number of piperidine rings is 1. The molecule has 1 unspecified atom stereocenters. The second kappa shape index (κ2) is 13.0. The average Bonchev–Trinajstić information content (AvgIpc) is 2.86. The van der Waals surface area contributed by atoms with Crippen LogP contribution in [0, 0.1) is 5.92 Å². The van der Waals surface area contributed by atoms with Crippen LogP contribution < -0.4 is 20.8 Å². The van der Waals surface area contributed by atoms with Crippen molar-refractivity contribution >= 4 is 24.9 Å². The highest BCUT2D eigenvalue weighted by atomic mass is 31.1. The lowest BCUT2D eigenvalue weighted by atomic mass is 9.95. The molecule has 1 atom stereocenters. The maximum Gasteiger partial charge on any atom is 0.348 e. The van der Waals surface area contributed by atoms with Crippen LogP contribution >= 0.6 is 8.03 Å². The summed E-state index contributed by atoms with van der Waals surface area (Å²) in [5, 5.41) is 14.8. The van der Waals surface area contributed by atoms with Gasteiger partial charge in [-0.1, -0.05) is 53.1 Å². The Morgan fingerprint density at radius 1 is 0.970 bits per heavy atom. The molecule has 1 heterocycles. The van der Waals surface area contributed by atoms with E-state index in [-0.39, 0.29) is 11.2 Å². The van der Waals surface area contributed by atoms with Gasteiger partial charge >= 0.3 is 8.03 Å². The molecule has 6 nitrogen and oxygen atoms in total. The summed E-state index contributed by atoms with van der Waals surface area (Å²) in [6.45, 7) is 2.65. The highest BCUT2D eigenvalue weighted by molar-refractivity contribution is 7.45. The van der Waals surface area contributed by atoms with Crippen LogP contribution in [0.5, 0.6) is 0 Å². The molecule has 3 N–H and O–H groups in total. The Morgan fingerprint density at radius 3 is 2.36 bits per heavy atom. The summed E-state index contributed by atoms with van der Waals surface area (Å²) in [4.78, 5) is 23.4. The zero-order valence-corrected chi connectivity index (χ0v) is 19.3. The van der Waals surface area contributed by atoms with Crippen molar-refractivity contribution in [3.63, 3.8) is 0 Å². The van der Waals surface area contributed by atoms with Gasteiger partial charge in [0.15, 0.2) is 5.30 Å². The second-order valence-corrected chi connectivity index (χ2v) is 8.94. The van der Waals surface area contributed by atoms with E-state index < -0.39 is 8.03 Å². The Bertz CT molecular complexity index is 1050. The molecule has 0 aromatic heterocycles. The predicted molar refractivity (Wildman–Crippen MR) is 131 cm³/mol. The lowest BCUT2D eigenvalue weighted by molar-refractivity contribution is -0.160. The molecule has 0 radical (unpaired) electrons. The second-order valence-electron chi connectivity index (χ2n) is 7.91. The minimum atomic E-state index is -2.71. The largest absolute Gasteiger partial charge is 0.591 e. The number of hydrogen-bond acceptors (Lipinski definition) is 5. The van der Waals surface area contributed by atoms with Crippen molar-refractivity contribution in [3.8, 4) is 11.1 Å². The van der Waals surface area contributed by atoms with Crippen LogP contribution in [0.4, 0.5) is 5.69 Å². The van der Waals surface area contributed by atoms with Crippen molar-refractivity contribution in [3.05, 3.63) is 84.4 Å². The van der Waals surface area contributed by atoms with Crippen molar-refractivity contribution in [1.29, 1.82) is 0 Å². The number of rotatable bonds is 6. The molecule has 1 saturated heterocycles. The highest BCUT2D eigenvalue weighted by Crippen LogP contribution is 2.22. The molecule has 1 aliphatic heterocycles. The van der Waals surface area contributed by atoms with E-state index in [2.05, 4.69) is 10.6 Å². The molecule has 1 amide bonds. The first-order chi connectivity index (χ1) is 16.1. The van der Waals surface area contributed by atoms with Crippen molar-refractivity contribution < 1.29 is 19.4 Å². The standard InChI is InChI=1S/C19H14NO3P.C7H15NO/c21-19(16-9-5-11-18(13-16)24(22)23)20-17-10-4-8-15(12-17)14-6-2-1-3-7-14;9-6-3-7-1-4-8-5-2-7/h1-13H,(H,20,21);7-9H,1-6H2.